The highest BCUT2D eigenvalue weighted by Crippen LogP contribution is 2.16. The first-order valence-electron chi connectivity index (χ1n) is 5.78. The highest BCUT2D eigenvalue weighted by atomic mass is 16.6. The number of rotatable bonds is 5. The summed E-state index contributed by atoms with van der Waals surface area (Å²) in [5, 5.41) is 10.4. The largest absolute Gasteiger partial charge is 0.458 e. The van der Waals surface area contributed by atoms with Crippen molar-refractivity contribution in [2.24, 2.45) is 0 Å². The van der Waals surface area contributed by atoms with Crippen LogP contribution in [0.15, 0.2) is 53.0 Å². The van der Waals surface area contributed by atoms with Gasteiger partial charge < -0.3 is 9.15 Å². The SMILES string of the molecule is O=C(/C=C/c1ccc([N+](=O)[O-])o1)OCc1ccccc1. The minimum absolute atomic E-state index is 0.169. The number of carbonyl (C=O) groups is 1. The summed E-state index contributed by atoms with van der Waals surface area (Å²) in [5.41, 5.74) is 0.878. The summed E-state index contributed by atoms with van der Waals surface area (Å²) < 4.78 is 9.87. The maximum atomic E-state index is 11.4. The van der Waals surface area contributed by atoms with E-state index in [1.807, 2.05) is 30.3 Å². The molecule has 0 bridgehead atoms. The molecule has 6 heteroatoms. The van der Waals surface area contributed by atoms with Crippen molar-refractivity contribution in [2.45, 2.75) is 6.61 Å². The Bertz CT molecular complexity index is 630. The van der Waals surface area contributed by atoms with Crippen LogP contribution < -0.4 is 0 Å². The smallest absolute Gasteiger partial charge is 0.433 e. The Labute approximate surface area is 114 Å². The van der Waals surface area contributed by atoms with Crippen LogP contribution in [0.5, 0.6) is 0 Å². The number of nitro groups is 1. The Morgan fingerprint density at radius 2 is 2.00 bits per heavy atom. The van der Waals surface area contributed by atoms with Crippen molar-refractivity contribution in [1.29, 1.82) is 0 Å². The van der Waals surface area contributed by atoms with Crippen LogP contribution >= 0.6 is 0 Å². The molecule has 6 nitrogen and oxygen atoms in total. The molecule has 0 aliphatic carbocycles. The summed E-state index contributed by atoms with van der Waals surface area (Å²) in [4.78, 5) is 21.2. The first-order chi connectivity index (χ1) is 9.65. The van der Waals surface area contributed by atoms with Gasteiger partial charge >= 0.3 is 11.9 Å². The molecule has 0 fully saturated rings. The van der Waals surface area contributed by atoms with Crippen molar-refractivity contribution in [3.63, 3.8) is 0 Å². The van der Waals surface area contributed by atoms with E-state index in [9.17, 15) is 14.9 Å². The van der Waals surface area contributed by atoms with Gasteiger partial charge in [-0.25, -0.2) is 4.79 Å². The highest BCUT2D eigenvalue weighted by Gasteiger charge is 2.10. The average Bonchev–Trinajstić information content (AvgIpc) is 2.93. The first kappa shape index (κ1) is 13.5. The summed E-state index contributed by atoms with van der Waals surface area (Å²) in [5.74, 6) is -0.705. The molecule has 0 saturated heterocycles. The average molecular weight is 273 g/mol. The van der Waals surface area contributed by atoms with Gasteiger partial charge in [-0.3, -0.25) is 10.1 Å². The second-order valence-corrected chi connectivity index (χ2v) is 3.86. The molecule has 0 aliphatic rings. The molecule has 2 rings (SSSR count). The quantitative estimate of drug-likeness (QED) is 0.362. The number of carbonyl (C=O) groups excluding carboxylic acids is 1. The third-order valence-electron chi connectivity index (χ3n) is 2.40. The molecule has 0 N–H and O–H groups in total. The van der Waals surface area contributed by atoms with Crippen LogP contribution in [-0.2, 0) is 16.1 Å². The second-order valence-electron chi connectivity index (χ2n) is 3.86. The van der Waals surface area contributed by atoms with Gasteiger partial charge in [-0.2, -0.15) is 0 Å². The molecule has 2 aromatic rings. The third-order valence-corrected chi connectivity index (χ3v) is 2.40. The van der Waals surface area contributed by atoms with Crippen molar-refractivity contribution < 1.29 is 18.9 Å². The van der Waals surface area contributed by atoms with Crippen LogP contribution in [0.3, 0.4) is 0 Å². The summed E-state index contributed by atoms with van der Waals surface area (Å²) in [6.45, 7) is 0.169. The van der Waals surface area contributed by atoms with Gasteiger partial charge in [0.2, 0.25) is 0 Å². The lowest BCUT2D eigenvalue weighted by atomic mass is 10.2. The molecule has 20 heavy (non-hydrogen) atoms. The Kier molecular flexibility index (Phi) is 4.28. The van der Waals surface area contributed by atoms with Gasteiger partial charge in [-0.1, -0.05) is 30.3 Å². The molecule has 0 saturated carbocycles. The molecule has 0 amide bonds. The Morgan fingerprint density at radius 3 is 2.65 bits per heavy atom. The van der Waals surface area contributed by atoms with Gasteiger partial charge in [0.1, 0.15) is 17.3 Å². The van der Waals surface area contributed by atoms with E-state index in [4.69, 9.17) is 9.15 Å². The van der Waals surface area contributed by atoms with E-state index >= 15 is 0 Å². The Balaban J connectivity index is 1.87. The lowest BCUT2D eigenvalue weighted by Gasteiger charge is -2.00. The summed E-state index contributed by atoms with van der Waals surface area (Å²) >= 11 is 0. The Morgan fingerprint density at radius 1 is 1.25 bits per heavy atom. The van der Waals surface area contributed by atoms with Crippen LogP contribution in [0, 0.1) is 10.1 Å². The maximum Gasteiger partial charge on any atom is 0.433 e. The Hall–Kier alpha value is -2.89. The molecular formula is C14H11NO5. The standard InChI is InChI=1S/C14H11NO5/c16-14(19-10-11-4-2-1-3-5-11)9-7-12-6-8-13(20-12)15(17)18/h1-9H,10H2/b9-7+. The molecule has 1 aromatic carbocycles. The fourth-order valence-electron chi connectivity index (χ4n) is 1.46. The number of benzene rings is 1. The fourth-order valence-corrected chi connectivity index (χ4v) is 1.46. The van der Waals surface area contributed by atoms with E-state index in [-0.39, 0.29) is 18.3 Å². The van der Waals surface area contributed by atoms with E-state index < -0.39 is 10.9 Å². The van der Waals surface area contributed by atoms with Crippen molar-refractivity contribution in [1.82, 2.24) is 0 Å². The van der Waals surface area contributed by atoms with Crippen LogP contribution in [0.2, 0.25) is 0 Å². The van der Waals surface area contributed by atoms with Gasteiger partial charge in [0, 0.05) is 6.08 Å². The monoisotopic (exact) mass is 273 g/mol. The topological polar surface area (TPSA) is 82.6 Å². The molecule has 0 aliphatic heterocycles. The molecular weight excluding hydrogens is 262 g/mol. The third kappa shape index (κ3) is 3.81. The van der Waals surface area contributed by atoms with Gasteiger partial charge in [-0.05, 0) is 17.7 Å². The van der Waals surface area contributed by atoms with E-state index in [1.165, 1.54) is 18.2 Å². The van der Waals surface area contributed by atoms with Gasteiger partial charge in [0.25, 0.3) is 0 Å². The zero-order valence-electron chi connectivity index (χ0n) is 10.4. The number of ether oxygens (including phenoxy) is 1. The second kappa shape index (κ2) is 6.33. The molecule has 0 radical (unpaired) electrons. The van der Waals surface area contributed by atoms with Crippen molar-refractivity contribution in [3.8, 4) is 0 Å². The summed E-state index contributed by atoms with van der Waals surface area (Å²) in [7, 11) is 0. The van der Waals surface area contributed by atoms with Crippen LogP contribution in [-0.4, -0.2) is 10.9 Å². The number of hydrogen-bond acceptors (Lipinski definition) is 5. The van der Waals surface area contributed by atoms with Crippen LogP contribution in [0.1, 0.15) is 11.3 Å². The summed E-state index contributed by atoms with van der Waals surface area (Å²) in [6.07, 6.45) is 2.48. The molecule has 0 spiro atoms. The molecule has 0 unspecified atom stereocenters. The summed E-state index contributed by atoms with van der Waals surface area (Å²) in [6, 6.07) is 11.9. The fraction of sp³-hybridized carbons (Fsp3) is 0.0714. The molecule has 102 valence electrons. The number of nitrogens with zero attached hydrogens (tertiary/aromatic N) is 1. The van der Waals surface area contributed by atoms with Crippen molar-refractivity contribution >= 4 is 17.9 Å². The zero-order valence-corrected chi connectivity index (χ0v) is 10.4. The van der Waals surface area contributed by atoms with E-state index in [0.717, 1.165) is 11.6 Å². The lowest BCUT2D eigenvalue weighted by molar-refractivity contribution is -0.402. The highest BCUT2D eigenvalue weighted by molar-refractivity contribution is 5.86. The number of esters is 1. The van der Waals surface area contributed by atoms with E-state index in [1.54, 1.807) is 0 Å². The molecule has 1 aromatic heterocycles. The zero-order chi connectivity index (χ0) is 14.4. The lowest BCUT2D eigenvalue weighted by Crippen LogP contribution is -2.00. The predicted molar refractivity (Wildman–Crippen MR) is 70.6 cm³/mol. The normalized spacial score (nSPS) is 10.6. The molecule has 1 heterocycles. The van der Waals surface area contributed by atoms with Gasteiger partial charge in [0.05, 0.1) is 6.07 Å². The van der Waals surface area contributed by atoms with Crippen LogP contribution in [0.25, 0.3) is 6.08 Å². The van der Waals surface area contributed by atoms with Crippen molar-refractivity contribution in [3.05, 3.63) is 70.0 Å². The minimum atomic E-state index is -0.648. The minimum Gasteiger partial charge on any atom is -0.458 e. The van der Waals surface area contributed by atoms with Crippen molar-refractivity contribution in [2.75, 3.05) is 0 Å². The number of hydrogen-bond donors (Lipinski definition) is 0. The van der Waals surface area contributed by atoms with E-state index in [2.05, 4.69) is 0 Å². The van der Waals surface area contributed by atoms with Crippen LogP contribution in [0.4, 0.5) is 5.88 Å². The number of furan rings is 1. The predicted octanol–water partition coefficient (Wildman–Crippen LogP) is 2.94. The maximum absolute atomic E-state index is 11.4. The van der Waals surface area contributed by atoms with E-state index in [0.29, 0.717) is 0 Å². The molecule has 0 atom stereocenters. The first-order valence-corrected chi connectivity index (χ1v) is 5.78. The van der Waals surface area contributed by atoms with Gasteiger partial charge in [-0.15, -0.1) is 0 Å². The van der Waals surface area contributed by atoms with Gasteiger partial charge in [0.15, 0.2) is 0 Å².